The largest absolute Gasteiger partial charge is 0.302 e. The highest BCUT2D eigenvalue weighted by Crippen LogP contribution is 2.44. The van der Waals surface area contributed by atoms with Crippen molar-refractivity contribution in [3.05, 3.63) is 34.4 Å². The molecule has 0 saturated carbocycles. The van der Waals surface area contributed by atoms with Crippen LogP contribution in [-0.2, 0) is 19.3 Å². The number of Topliss-reactive ketones (excluding diaryl/α,β-unsaturated/α-hetero) is 1. The van der Waals surface area contributed by atoms with Crippen molar-refractivity contribution >= 4 is 11.7 Å². The van der Waals surface area contributed by atoms with Gasteiger partial charge in [0, 0.05) is 13.1 Å². The molecule has 1 spiro atoms. The molecule has 0 N–H and O–H groups in total. The summed E-state index contributed by atoms with van der Waals surface area (Å²) < 4.78 is 0. The van der Waals surface area contributed by atoms with Crippen LogP contribution in [0.2, 0.25) is 0 Å². The Hall–Kier alpha value is -1.76. The van der Waals surface area contributed by atoms with E-state index >= 15 is 0 Å². The van der Waals surface area contributed by atoms with Crippen molar-refractivity contribution in [3.63, 3.8) is 0 Å². The third-order valence-corrected chi connectivity index (χ3v) is 5.57. The Kier molecular flexibility index (Phi) is 4.70. The van der Waals surface area contributed by atoms with Crippen LogP contribution in [0.4, 0.5) is 0 Å². The van der Waals surface area contributed by atoms with E-state index in [2.05, 4.69) is 0 Å². The first-order valence-electron chi connectivity index (χ1n) is 8.65. The Labute approximate surface area is 148 Å². The second-order valence-electron chi connectivity index (χ2n) is 7.07. The van der Waals surface area contributed by atoms with E-state index in [0.717, 1.165) is 22.3 Å². The summed E-state index contributed by atoms with van der Waals surface area (Å²) in [5.41, 5.74) is 3.02. The molecule has 25 heavy (non-hydrogen) atoms. The molecule has 2 aliphatic heterocycles. The predicted molar refractivity (Wildman–Crippen MR) is 92.8 cm³/mol. The van der Waals surface area contributed by atoms with Crippen molar-refractivity contribution in [2.45, 2.75) is 45.1 Å². The van der Waals surface area contributed by atoms with Gasteiger partial charge in [-0.15, -0.1) is 0 Å². The van der Waals surface area contributed by atoms with Crippen molar-refractivity contribution in [1.29, 1.82) is 0 Å². The van der Waals surface area contributed by atoms with Crippen LogP contribution in [0.15, 0.2) is 12.1 Å². The summed E-state index contributed by atoms with van der Waals surface area (Å²) in [6, 6.07) is 4.05. The van der Waals surface area contributed by atoms with Crippen LogP contribution in [0.5, 0.6) is 0 Å². The number of nitrogens with zero attached hydrogens (tertiary/aromatic N) is 2. The molecule has 2 heterocycles. The molecule has 136 valence electrons. The van der Waals surface area contributed by atoms with Crippen LogP contribution >= 0.6 is 0 Å². The number of benzene rings is 1. The Morgan fingerprint density at radius 3 is 2.04 bits per heavy atom. The van der Waals surface area contributed by atoms with E-state index in [1.807, 2.05) is 38.0 Å². The van der Waals surface area contributed by atoms with Crippen LogP contribution in [0.3, 0.4) is 0 Å². The molecule has 1 amide bonds. The highest BCUT2D eigenvalue weighted by Gasteiger charge is 2.60. The fourth-order valence-corrected chi connectivity index (χ4v) is 4.46. The molecule has 2 saturated heterocycles. The fourth-order valence-electron chi connectivity index (χ4n) is 4.46. The number of ketones is 1. The molecule has 2 aliphatic rings. The van der Waals surface area contributed by atoms with Gasteiger partial charge in [-0.1, -0.05) is 17.7 Å². The van der Waals surface area contributed by atoms with E-state index < -0.39 is 11.5 Å². The van der Waals surface area contributed by atoms with E-state index in [1.165, 1.54) is 12.2 Å². The summed E-state index contributed by atoms with van der Waals surface area (Å²) in [4.78, 5) is 37.2. The van der Waals surface area contributed by atoms with Crippen molar-refractivity contribution in [1.82, 2.24) is 10.1 Å². The number of hydrogen-bond acceptors (Lipinski definition) is 5. The summed E-state index contributed by atoms with van der Waals surface area (Å²) in [5.74, 6) is -1.09. The quantitative estimate of drug-likeness (QED) is 0.784. The maximum Gasteiger partial charge on any atom is 0.262 e. The van der Waals surface area contributed by atoms with Gasteiger partial charge in [0.1, 0.15) is 11.5 Å². The lowest BCUT2D eigenvalue weighted by molar-refractivity contribution is -0.219. The summed E-state index contributed by atoms with van der Waals surface area (Å²) >= 11 is 0. The third-order valence-electron chi connectivity index (χ3n) is 5.57. The topological polar surface area (TPSA) is 59.1 Å². The van der Waals surface area contributed by atoms with E-state index in [-0.39, 0.29) is 11.7 Å². The predicted octanol–water partition coefficient (Wildman–Crippen LogP) is 2.06. The maximum atomic E-state index is 13.4. The third kappa shape index (κ3) is 2.69. The fraction of sp³-hybridized carbons (Fsp3) is 0.579. The lowest BCUT2D eigenvalue weighted by Crippen LogP contribution is -2.55. The zero-order valence-corrected chi connectivity index (χ0v) is 15.6. The van der Waals surface area contributed by atoms with Gasteiger partial charge in [0.15, 0.2) is 5.78 Å². The van der Waals surface area contributed by atoms with Crippen LogP contribution in [0.1, 0.15) is 41.0 Å². The van der Waals surface area contributed by atoms with Gasteiger partial charge in [0.05, 0.1) is 14.2 Å². The van der Waals surface area contributed by atoms with E-state index in [1.54, 1.807) is 7.11 Å². The van der Waals surface area contributed by atoms with Gasteiger partial charge in [0.2, 0.25) is 0 Å². The first kappa shape index (κ1) is 18.0. The zero-order valence-electron chi connectivity index (χ0n) is 15.6. The molecule has 1 atom stereocenters. The molecule has 0 aliphatic carbocycles. The molecule has 0 bridgehead atoms. The minimum atomic E-state index is -0.894. The summed E-state index contributed by atoms with van der Waals surface area (Å²) in [6.07, 6.45) is 1.03. The number of rotatable bonds is 3. The van der Waals surface area contributed by atoms with Gasteiger partial charge in [0.25, 0.3) is 5.91 Å². The van der Waals surface area contributed by atoms with Gasteiger partial charge in [-0.3, -0.25) is 14.4 Å². The summed E-state index contributed by atoms with van der Waals surface area (Å²) in [7, 11) is 3.09. The van der Waals surface area contributed by atoms with Gasteiger partial charge in [-0.05, 0) is 50.3 Å². The average Bonchev–Trinajstić information content (AvgIpc) is 2.76. The number of amides is 1. The van der Waals surface area contributed by atoms with Crippen molar-refractivity contribution in [2.24, 2.45) is 0 Å². The standard InChI is InChI=1S/C19H26N2O4/c1-12-10-13(2)15(14(3)11-12)16-17(22)19(21(25-5)18(16)23)6-8-20(24-4)9-7-19/h10-11,16H,6-9H2,1-5H3. The van der Waals surface area contributed by atoms with Crippen molar-refractivity contribution in [2.75, 3.05) is 27.3 Å². The van der Waals surface area contributed by atoms with Gasteiger partial charge in [-0.2, -0.15) is 5.06 Å². The minimum Gasteiger partial charge on any atom is -0.302 e. The van der Waals surface area contributed by atoms with Gasteiger partial charge >= 0.3 is 0 Å². The van der Waals surface area contributed by atoms with Gasteiger partial charge in [-0.25, -0.2) is 5.06 Å². The minimum absolute atomic E-state index is 0.0508. The normalized spacial score (nSPS) is 23.7. The van der Waals surface area contributed by atoms with Crippen molar-refractivity contribution in [3.8, 4) is 0 Å². The molecule has 3 rings (SSSR count). The Morgan fingerprint density at radius 2 is 1.56 bits per heavy atom. The second kappa shape index (κ2) is 6.52. The molecular formula is C19H26N2O4. The highest BCUT2D eigenvalue weighted by atomic mass is 16.7. The molecule has 0 radical (unpaired) electrons. The number of hydroxylamine groups is 4. The Bertz CT molecular complexity index is 684. The monoisotopic (exact) mass is 346 g/mol. The Morgan fingerprint density at radius 1 is 1.00 bits per heavy atom. The van der Waals surface area contributed by atoms with Crippen LogP contribution in [-0.4, -0.2) is 54.7 Å². The number of piperidine rings is 1. The first-order valence-corrected chi connectivity index (χ1v) is 8.65. The van der Waals surface area contributed by atoms with E-state index in [4.69, 9.17) is 9.68 Å². The van der Waals surface area contributed by atoms with Crippen LogP contribution < -0.4 is 0 Å². The second-order valence-corrected chi connectivity index (χ2v) is 7.07. The maximum absolute atomic E-state index is 13.4. The summed E-state index contributed by atoms with van der Waals surface area (Å²) in [6.45, 7) is 7.13. The molecule has 0 aromatic heterocycles. The molecule has 1 aromatic carbocycles. The van der Waals surface area contributed by atoms with E-state index in [9.17, 15) is 9.59 Å². The lowest BCUT2D eigenvalue weighted by atomic mass is 9.79. The number of aryl methyl sites for hydroxylation is 3. The van der Waals surface area contributed by atoms with E-state index in [0.29, 0.717) is 25.9 Å². The number of carbonyl (C=O) groups excluding carboxylic acids is 2. The SMILES string of the molecule is CON1CCC2(CC1)C(=O)C(c1c(C)cc(C)cc1C)C(=O)N2OC. The molecule has 2 fully saturated rings. The summed E-state index contributed by atoms with van der Waals surface area (Å²) in [5, 5.41) is 3.14. The number of hydrogen-bond donors (Lipinski definition) is 0. The smallest absolute Gasteiger partial charge is 0.262 e. The molecule has 6 heteroatoms. The van der Waals surface area contributed by atoms with Gasteiger partial charge < -0.3 is 4.84 Å². The average molecular weight is 346 g/mol. The molecular weight excluding hydrogens is 320 g/mol. The molecule has 6 nitrogen and oxygen atoms in total. The molecule has 1 aromatic rings. The Balaban J connectivity index is 2.04. The number of carbonyl (C=O) groups is 2. The molecule has 1 unspecified atom stereocenters. The van der Waals surface area contributed by atoms with Crippen LogP contribution in [0, 0.1) is 20.8 Å². The van der Waals surface area contributed by atoms with Crippen LogP contribution in [0.25, 0.3) is 0 Å². The zero-order chi connectivity index (χ0) is 18.4. The van der Waals surface area contributed by atoms with Crippen molar-refractivity contribution < 1.29 is 19.3 Å². The first-order chi connectivity index (χ1) is 11.9. The highest BCUT2D eigenvalue weighted by molar-refractivity contribution is 6.17. The lowest BCUT2D eigenvalue weighted by Gasteiger charge is -2.40.